The van der Waals surface area contributed by atoms with Crippen LogP contribution in [0, 0.1) is 0 Å². The molecule has 22 heavy (non-hydrogen) atoms. The van der Waals surface area contributed by atoms with E-state index in [0.717, 1.165) is 17.5 Å². The minimum absolute atomic E-state index is 0.163. The second-order valence-electron chi connectivity index (χ2n) is 5.08. The summed E-state index contributed by atoms with van der Waals surface area (Å²) < 4.78 is 0. The quantitative estimate of drug-likeness (QED) is 0.677. The number of benzene rings is 1. The van der Waals surface area contributed by atoms with Gasteiger partial charge in [0.2, 0.25) is 0 Å². The molecular weight excluding hydrogens is 276 g/mol. The van der Waals surface area contributed by atoms with Gasteiger partial charge in [-0.3, -0.25) is 4.98 Å². The number of aromatic nitrogens is 2. The van der Waals surface area contributed by atoms with Gasteiger partial charge in [-0.05, 0) is 29.7 Å². The van der Waals surface area contributed by atoms with Crippen molar-refractivity contribution in [3.05, 3.63) is 66.1 Å². The van der Waals surface area contributed by atoms with Gasteiger partial charge >= 0.3 is 6.03 Å². The Kier molecular flexibility index (Phi) is 4.34. The fourth-order valence-electron chi connectivity index (χ4n) is 2.40. The number of nitrogens with zero attached hydrogens (tertiary/aromatic N) is 1. The highest BCUT2D eigenvalue weighted by Gasteiger charge is 2.04. The first kappa shape index (κ1) is 14.1. The number of hydrogen-bond donors (Lipinski definition) is 3. The van der Waals surface area contributed by atoms with Crippen LogP contribution in [0.25, 0.3) is 10.9 Å². The predicted octanol–water partition coefficient (Wildman–Crippen LogP) is 2.60. The predicted molar refractivity (Wildman–Crippen MR) is 86.5 cm³/mol. The van der Waals surface area contributed by atoms with Gasteiger partial charge in [-0.2, -0.15) is 0 Å². The molecule has 112 valence electrons. The van der Waals surface area contributed by atoms with E-state index in [-0.39, 0.29) is 6.03 Å². The first-order valence-electron chi connectivity index (χ1n) is 7.28. The van der Waals surface area contributed by atoms with Crippen LogP contribution in [0.15, 0.2) is 55.0 Å². The molecule has 0 saturated carbocycles. The molecule has 0 spiro atoms. The molecule has 3 aromatic rings. The molecule has 0 saturated heterocycles. The highest BCUT2D eigenvalue weighted by molar-refractivity contribution is 5.83. The van der Waals surface area contributed by atoms with Crippen molar-refractivity contribution in [2.24, 2.45) is 0 Å². The van der Waals surface area contributed by atoms with E-state index >= 15 is 0 Å². The maximum Gasteiger partial charge on any atom is 0.315 e. The Bertz CT molecular complexity index is 751. The van der Waals surface area contributed by atoms with Crippen LogP contribution in [0.4, 0.5) is 4.79 Å². The van der Waals surface area contributed by atoms with Gasteiger partial charge < -0.3 is 15.6 Å². The van der Waals surface area contributed by atoms with E-state index in [1.807, 2.05) is 36.5 Å². The van der Waals surface area contributed by atoms with E-state index in [1.54, 1.807) is 12.4 Å². The van der Waals surface area contributed by atoms with Crippen LogP contribution in [0.2, 0.25) is 0 Å². The molecule has 5 nitrogen and oxygen atoms in total. The summed E-state index contributed by atoms with van der Waals surface area (Å²) in [4.78, 5) is 19.0. The average Bonchev–Trinajstić information content (AvgIpc) is 2.97. The molecule has 0 atom stereocenters. The van der Waals surface area contributed by atoms with Crippen LogP contribution in [0.3, 0.4) is 0 Å². The molecule has 0 aliphatic carbocycles. The zero-order chi connectivity index (χ0) is 15.2. The number of carbonyl (C=O) groups is 1. The number of nitrogens with one attached hydrogen (secondary N) is 3. The zero-order valence-electron chi connectivity index (χ0n) is 12.2. The Balaban J connectivity index is 1.45. The molecule has 0 bridgehead atoms. The van der Waals surface area contributed by atoms with Gasteiger partial charge in [-0.15, -0.1) is 0 Å². The second kappa shape index (κ2) is 6.76. The number of pyridine rings is 1. The van der Waals surface area contributed by atoms with Crippen molar-refractivity contribution in [2.45, 2.75) is 13.0 Å². The van der Waals surface area contributed by atoms with Crippen molar-refractivity contribution in [3.8, 4) is 0 Å². The summed E-state index contributed by atoms with van der Waals surface area (Å²) in [6.07, 6.45) is 6.25. The molecule has 0 radical (unpaired) electrons. The van der Waals surface area contributed by atoms with E-state index < -0.39 is 0 Å². The largest absolute Gasteiger partial charge is 0.361 e. The van der Waals surface area contributed by atoms with Crippen molar-refractivity contribution in [2.75, 3.05) is 6.54 Å². The van der Waals surface area contributed by atoms with Crippen molar-refractivity contribution in [1.29, 1.82) is 0 Å². The lowest BCUT2D eigenvalue weighted by atomic mass is 10.1. The molecule has 2 amide bonds. The third-order valence-electron chi connectivity index (χ3n) is 3.53. The molecule has 0 fully saturated rings. The molecule has 3 N–H and O–H groups in total. The summed E-state index contributed by atoms with van der Waals surface area (Å²) in [7, 11) is 0. The number of para-hydroxylation sites is 1. The third kappa shape index (κ3) is 3.44. The molecule has 2 aromatic heterocycles. The lowest BCUT2D eigenvalue weighted by molar-refractivity contribution is 0.240. The third-order valence-corrected chi connectivity index (χ3v) is 3.53. The Morgan fingerprint density at radius 2 is 2.05 bits per heavy atom. The van der Waals surface area contributed by atoms with Crippen LogP contribution in [-0.4, -0.2) is 22.5 Å². The number of fused-ring (bicyclic) bond motifs is 1. The number of carbonyl (C=O) groups excluding carboxylic acids is 1. The highest BCUT2D eigenvalue weighted by Crippen LogP contribution is 2.17. The van der Waals surface area contributed by atoms with Crippen LogP contribution in [-0.2, 0) is 13.0 Å². The summed E-state index contributed by atoms with van der Waals surface area (Å²) in [5, 5.41) is 6.90. The van der Waals surface area contributed by atoms with Gasteiger partial charge in [0.05, 0.1) is 0 Å². The Morgan fingerprint density at radius 1 is 1.14 bits per heavy atom. The first-order chi connectivity index (χ1) is 10.8. The SMILES string of the molecule is O=C(NCCc1c[nH]c2ccccc12)NCc1cccnc1. The number of amides is 2. The van der Waals surface area contributed by atoms with Crippen LogP contribution < -0.4 is 10.6 Å². The topological polar surface area (TPSA) is 69.8 Å². The normalized spacial score (nSPS) is 10.5. The lowest BCUT2D eigenvalue weighted by Gasteiger charge is -2.07. The van der Waals surface area contributed by atoms with E-state index in [0.29, 0.717) is 13.1 Å². The fraction of sp³-hybridized carbons (Fsp3) is 0.176. The van der Waals surface area contributed by atoms with Crippen LogP contribution in [0.5, 0.6) is 0 Å². The summed E-state index contributed by atoms with van der Waals surface area (Å²) >= 11 is 0. The summed E-state index contributed by atoms with van der Waals surface area (Å²) in [6, 6.07) is 11.8. The van der Waals surface area contributed by atoms with Gasteiger partial charge in [-0.1, -0.05) is 24.3 Å². The number of hydrogen-bond acceptors (Lipinski definition) is 2. The van der Waals surface area contributed by atoms with Gasteiger partial charge in [0.15, 0.2) is 0 Å². The van der Waals surface area contributed by atoms with Gasteiger partial charge in [0.25, 0.3) is 0 Å². The maximum absolute atomic E-state index is 11.8. The summed E-state index contributed by atoms with van der Waals surface area (Å²) in [5.74, 6) is 0. The monoisotopic (exact) mass is 294 g/mol. The van der Waals surface area contributed by atoms with Crippen LogP contribution >= 0.6 is 0 Å². The van der Waals surface area contributed by atoms with E-state index in [1.165, 1.54) is 10.9 Å². The zero-order valence-corrected chi connectivity index (χ0v) is 12.2. The van der Waals surface area contributed by atoms with Crippen molar-refractivity contribution >= 4 is 16.9 Å². The van der Waals surface area contributed by atoms with Crippen molar-refractivity contribution in [1.82, 2.24) is 20.6 Å². The van der Waals surface area contributed by atoms with Crippen molar-refractivity contribution in [3.63, 3.8) is 0 Å². The molecule has 1 aromatic carbocycles. The number of H-pyrrole nitrogens is 1. The molecule has 0 aliphatic heterocycles. The standard InChI is InChI=1S/C17H18N4O/c22-17(21-11-13-4-3-8-18-10-13)19-9-7-14-12-20-16-6-2-1-5-15(14)16/h1-6,8,10,12,20H,7,9,11H2,(H2,19,21,22). The highest BCUT2D eigenvalue weighted by atomic mass is 16.2. The Morgan fingerprint density at radius 3 is 2.91 bits per heavy atom. The molecule has 0 aliphatic rings. The summed E-state index contributed by atoms with van der Waals surface area (Å²) in [6.45, 7) is 1.08. The second-order valence-corrected chi connectivity index (χ2v) is 5.08. The molecule has 2 heterocycles. The number of aromatic amines is 1. The molecule has 3 rings (SSSR count). The van der Waals surface area contributed by atoms with Crippen molar-refractivity contribution < 1.29 is 4.79 Å². The van der Waals surface area contributed by atoms with E-state index in [2.05, 4.69) is 26.7 Å². The van der Waals surface area contributed by atoms with E-state index in [4.69, 9.17) is 0 Å². The molecule has 5 heteroatoms. The summed E-state index contributed by atoms with van der Waals surface area (Å²) in [5.41, 5.74) is 3.32. The average molecular weight is 294 g/mol. The maximum atomic E-state index is 11.8. The number of urea groups is 1. The fourth-order valence-corrected chi connectivity index (χ4v) is 2.40. The molecule has 0 unspecified atom stereocenters. The Labute approximate surface area is 128 Å². The van der Waals surface area contributed by atoms with Gasteiger partial charge in [0, 0.05) is 42.6 Å². The van der Waals surface area contributed by atoms with Gasteiger partial charge in [0.1, 0.15) is 0 Å². The Hall–Kier alpha value is -2.82. The number of rotatable bonds is 5. The minimum Gasteiger partial charge on any atom is -0.361 e. The minimum atomic E-state index is -0.163. The smallest absolute Gasteiger partial charge is 0.315 e. The van der Waals surface area contributed by atoms with Crippen LogP contribution in [0.1, 0.15) is 11.1 Å². The van der Waals surface area contributed by atoms with Gasteiger partial charge in [-0.25, -0.2) is 4.79 Å². The first-order valence-corrected chi connectivity index (χ1v) is 7.28. The lowest BCUT2D eigenvalue weighted by Crippen LogP contribution is -2.36. The van der Waals surface area contributed by atoms with E-state index in [9.17, 15) is 4.79 Å². The molecular formula is C17H18N4O.